The van der Waals surface area contributed by atoms with Crippen LogP contribution in [0.1, 0.15) is 34.1 Å². The number of fused-ring (bicyclic) bond motifs is 2. The van der Waals surface area contributed by atoms with Gasteiger partial charge in [0.25, 0.3) is 5.56 Å². The number of aromatic nitrogens is 6. The van der Waals surface area contributed by atoms with Gasteiger partial charge in [-0.3, -0.25) is 14.5 Å². The second kappa shape index (κ2) is 7.48. The Morgan fingerprint density at radius 1 is 1.06 bits per heavy atom. The van der Waals surface area contributed by atoms with Gasteiger partial charge in [-0.15, -0.1) is 5.10 Å². The predicted molar refractivity (Wildman–Crippen MR) is 124 cm³/mol. The summed E-state index contributed by atoms with van der Waals surface area (Å²) in [5, 5.41) is 9.22. The van der Waals surface area contributed by atoms with Gasteiger partial charge in [0, 0.05) is 71.6 Å². The van der Waals surface area contributed by atoms with E-state index in [0.717, 1.165) is 46.7 Å². The van der Waals surface area contributed by atoms with Gasteiger partial charge in [-0.2, -0.15) is 9.61 Å². The van der Waals surface area contributed by atoms with Crippen molar-refractivity contribution in [1.82, 2.24) is 29.4 Å². The molecule has 0 aromatic carbocycles. The van der Waals surface area contributed by atoms with Crippen LogP contribution in [0.4, 0.5) is 5.82 Å². The van der Waals surface area contributed by atoms with Crippen molar-refractivity contribution in [3.8, 4) is 11.1 Å². The maximum atomic E-state index is 12.6. The molecular formula is C24H25N7O2. The molecule has 33 heavy (non-hydrogen) atoms. The van der Waals surface area contributed by atoms with E-state index in [4.69, 9.17) is 14.8 Å². The second-order valence-corrected chi connectivity index (χ2v) is 8.95. The van der Waals surface area contributed by atoms with Gasteiger partial charge in [-0.05, 0) is 32.4 Å². The van der Waals surface area contributed by atoms with Gasteiger partial charge in [0.05, 0.1) is 25.5 Å². The van der Waals surface area contributed by atoms with Crippen molar-refractivity contribution in [1.29, 1.82) is 0 Å². The van der Waals surface area contributed by atoms with Gasteiger partial charge >= 0.3 is 0 Å². The van der Waals surface area contributed by atoms with E-state index in [1.807, 2.05) is 30.9 Å². The van der Waals surface area contributed by atoms with E-state index in [0.29, 0.717) is 37.1 Å². The minimum atomic E-state index is -0.155. The zero-order valence-electron chi connectivity index (χ0n) is 18.9. The third-order valence-corrected chi connectivity index (χ3v) is 6.72. The molecule has 0 amide bonds. The van der Waals surface area contributed by atoms with E-state index in [1.165, 1.54) is 16.1 Å². The van der Waals surface area contributed by atoms with Crippen LogP contribution in [0.25, 0.3) is 16.8 Å². The van der Waals surface area contributed by atoms with Gasteiger partial charge in [-0.1, -0.05) is 0 Å². The lowest BCUT2D eigenvalue weighted by Crippen LogP contribution is -2.34. The minimum Gasteiger partial charge on any atom is -0.377 e. The SMILES string of the molecule is Cc1cc(=O)n2nc(N3CCc4ncc(-c5cnn(C6COC6)c5)cc4C3)c(C)c(C)c2n1. The van der Waals surface area contributed by atoms with Crippen LogP contribution in [-0.4, -0.2) is 49.1 Å². The zero-order valence-corrected chi connectivity index (χ0v) is 18.9. The number of anilines is 1. The van der Waals surface area contributed by atoms with E-state index < -0.39 is 0 Å². The Bertz CT molecular complexity index is 1450. The highest BCUT2D eigenvalue weighted by atomic mass is 16.5. The Morgan fingerprint density at radius 3 is 2.70 bits per heavy atom. The highest BCUT2D eigenvalue weighted by Gasteiger charge is 2.24. The number of ether oxygens (including phenoxy) is 1. The van der Waals surface area contributed by atoms with Crippen LogP contribution in [-0.2, 0) is 17.7 Å². The normalized spacial score (nSPS) is 16.2. The topological polar surface area (TPSA) is 90.4 Å². The first kappa shape index (κ1) is 20.0. The fraction of sp³-hybridized carbons (Fsp3) is 0.375. The average Bonchev–Trinajstić information content (AvgIpc) is 3.24. The largest absolute Gasteiger partial charge is 0.377 e. The van der Waals surface area contributed by atoms with Crippen molar-refractivity contribution >= 4 is 11.5 Å². The van der Waals surface area contributed by atoms with Crippen molar-refractivity contribution < 1.29 is 4.74 Å². The highest BCUT2D eigenvalue weighted by Crippen LogP contribution is 2.30. The molecule has 2 aliphatic heterocycles. The molecule has 168 valence electrons. The molecule has 0 spiro atoms. The monoisotopic (exact) mass is 443 g/mol. The van der Waals surface area contributed by atoms with Crippen molar-refractivity contribution in [2.45, 2.75) is 39.8 Å². The Morgan fingerprint density at radius 2 is 1.91 bits per heavy atom. The molecule has 9 nitrogen and oxygen atoms in total. The molecule has 9 heteroatoms. The number of nitrogens with zero attached hydrogens (tertiary/aromatic N) is 7. The summed E-state index contributed by atoms with van der Waals surface area (Å²) in [6.45, 7) is 8.81. The van der Waals surface area contributed by atoms with Gasteiger partial charge in [0.2, 0.25) is 0 Å². The Balaban J connectivity index is 1.35. The standard InChI is InChI=1S/C24H25N7O2/c1-14-6-22(32)31-23(27-14)15(2)16(3)24(28-31)29-5-4-21-18(10-29)7-17(8-25-21)19-9-26-30(11-19)20-12-33-13-20/h6-9,11,20H,4-5,10,12-13H2,1-3H3. The van der Waals surface area contributed by atoms with E-state index >= 15 is 0 Å². The second-order valence-electron chi connectivity index (χ2n) is 8.95. The van der Waals surface area contributed by atoms with E-state index in [9.17, 15) is 4.79 Å². The molecule has 0 atom stereocenters. The molecule has 0 aliphatic carbocycles. The predicted octanol–water partition coefficient (Wildman–Crippen LogP) is 2.41. The Kier molecular flexibility index (Phi) is 4.55. The molecule has 0 radical (unpaired) electrons. The Labute approximate surface area is 190 Å². The molecule has 1 fully saturated rings. The van der Waals surface area contributed by atoms with Gasteiger partial charge in [-0.25, -0.2) is 4.98 Å². The van der Waals surface area contributed by atoms with Crippen LogP contribution in [0.3, 0.4) is 0 Å². The maximum Gasteiger partial charge on any atom is 0.274 e. The van der Waals surface area contributed by atoms with E-state index in [2.05, 4.69) is 34.2 Å². The quantitative estimate of drug-likeness (QED) is 0.480. The van der Waals surface area contributed by atoms with Crippen LogP contribution in [0.2, 0.25) is 0 Å². The summed E-state index contributed by atoms with van der Waals surface area (Å²) in [6, 6.07) is 4.05. The van der Waals surface area contributed by atoms with E-state index in [-0.39, 0.29) is 5.56 Å². The molecule has 0 bridgehead atoms. The summed E-state index contributed by atoms with van der Waals surface area (Å²) in [7, 11) is 0. The van der Waals surface area contributed by atoms with Crippen LogP contribution < -0.4 is 10.5 Å². The van der Waals surface area contributed by atoms with Crippen LogP contribution in [0, 0.1) is 20.8 Å². The smallest absolute Gasteiger partial charge is 0.274 e. The van der Waals surface area contributed by atoms with Crippen LogP contribution in [0.15, 0.2) is 35.5 Å². The molecule has 2 aliphatic rings. The molecule has 6 heterocycles. The zero-order chi connectivity index (χ0) is 22.7. The van der Waals surface area contributed by atoms with Gasteiger partial charge in [0.15, 0.2) is 11.5 Å². The lowest BCUT2D eigenvalue weighted by atomic mass is 10.0. The number of aryl methyl sites for hydroxylation is 2. The molecule has 4 aromatic rings. The fourth-order valence-electron chi connectivity index (χ4n) is 4.56. The molecule has 0 N–H and O–H groups in total. The van der Waals surface area contributed by atoms with E-state index in [1.54, 1.807) is 0 Å². The summed E-state index contributed by atoms with van der Waals surface area (Å²) >= 11 is 0. The Hall–Kier alpha value is -3.59. The minimum absolute atomic E-state index is 0.155. The summed E-state index contributed by atoms with van der Waals surface area (Å²) in [5.74, 6) is 0.821. The molecular weight excluding hydrogens is 418 g/mol. The van der Waals surface area contributed by atoms with Crippen molar-refractivity contribution in [3.63, 3.8) is 0 Å². The van der Waals surface area contributed by atoms with Crippen molar-refractivity contribution in [3.05, 3.63) is 69.2 Å². The molecule has 1 saturated heterocycles. The number of pyridine rings is 1. The van der Waals surface area contributed by atoms with Crippen LogP contribution in [0.5, 0.6) is 0 Å². The lowest BCUT2D eigenvalue weighted by Gasteiger charge is -2.31. The molecule has 0 saturated carbocycles. The molecule has 6 rings (SSSR count). The fourth-order valence-corrected chi connectivity index (χ4v) is 4.56. The number of hydrogen-bond donors (Lipinski definition) is 0. The van der Waals surface area contributed by atoms with Crippen molar-refractivity contribution in [2.24, 2.45) is 0 Å². The number of hydrogen-bond acceptors (Lipinski definition) is 7. The third-order valence-electron chi connectivity index (χ3n) is 6.72. The average molecular weight is 444 g/mol. The summed E-state index contributed by atoms with van der Waals surface area (Å²) < 4.78 is 8.68. The summed E-state index contributed by atoms with van der Waals surface area (Å²) in [5.41, 5.74) is 7.58. The van der Waals surface area contributed by atoms with Crippen molar-refractivity contribution in [2.75, 3.05) is 24.7 Å². The lowest BCUT2D eigenvalue weighted by molar-refractivity contribution is -0.0286. The highest BCUT2D eigenvalue weighted by molar-refractivity contribution is 5.64. The number of rotatable bonds is 3. The molecule has 4 aromatic heterocycles. The van der Waals surface area contributed by atoms with Gasteiger partial charge < -0.3 is 9.64 Å². The molecule has 0 unspecified atom stereocenters. The first-order valence-electron chi connectivity index (χ1n) is 11.2. The summed E-state index contributed by atoms with van der Waals surface area (Å²) in [4.78, 5) is 24.1. The maximum absolute atomic E-state index is 12.6. The first-order valence-corrected chi connectivity index (χ1v) is 11.2. The van der Waals surface area contributed by atoms with Crippen LogP contribution >= 0.6 is 0 Å². The third kappa shape index (κ3) is 3.31. The summed E-state index contributed by atoms with van der Waals surface area (Å²) in [6.07, 6.45) is 6.72. The first-order chi connectivity index (χ1) is 16.0. The van der Waals surface area contributed by atoms with Gasteiger partial charge in [0.1, 0.15) is 0 Å².